The van der Waals surface area contributed by atoms with E-state index in [9.17, 15) is 22.8 Å². The zero-order chi connectivity index (χ0) is 22.4. The highest BCUT2D eigenvalue weighted by atomic mass is 19.4. The molecule has 5 nitrogen and oxygen atoms in total. The van der Waals surface area contributed by atoms with Crippen molar-refractivity contribution in [1.29, 1.82) is 0 Å². The van der Waals surface area contributed by atoms with Crippen LogP contribution in [-0.2, 0) is 12.7 Å². The van der Waals surface area contributed by atoms with Crippen molar-refractivity contribution in [3.8, 4) is 0 Å². The topological polar surface area (TPSA) is 61.4 Å². The molecule has 3 aromatic carbocycles. The summed E-state index contributed by atoms with van der Waals surface area (Å²) in [6.07, 6.45) is -4.45. The lowest BCUT2D eigenvalue weighted by atomic mass is 10.1. The van der Waals surface area contributed by atoms with E-state index < -0.39 is 17.8 Å². The molecule has 0 aromatic heterocycles. The Balaban J connectivity index is 1.62. The average Bonchev–Trinajstić information content (AvgIpc) is 2.77. The van der Waals surface area contributed by atoms with Gasteiger partial charge in [-0.2, -0.15) is 13.2 Å². The number of halogens is 3. The monoisotopic (exact) mass is 427 g/mol. The molecule has 0 saturated carbocycles. The highest BCUT2D eigenvalue weighted by Crippen LogP contribution is 2.29. The first-order chi connectivity index (χ1) is 14.7. The Morgan fingerprint density at radius 2 is 1.61 bits per heavy atom. The average molecular weight is 427 g/mol. The lowest BCUT2D eigenvalue weighted by Gasteiger charge is -2.18. The second-order valence-corrected chi connectivity index (χ2v) is 6.79. The molecule has 0 saturated heterocycles. The van der Waals surface area contributed by atoms with Crippen molar-refractivity contribution in [3.63, 3.8) is 0 Å². The molecule has 160 valence electrons. The quantitative estimate of drug-likeness (QED) is 0.580. The maximum absolute atomic E-state index is 12.8. The number of carbonyl (C=O) groups is 2. The number of hydrogen-bond acceptors (Lipinski definition) is 2. The Kier molecular flexibility index (Phi) is 6.59. The molecule has 0 heterocycles. The number of hydrogen-bond donors (Lipinski definition) is 2. The molecule has 8 heteroatoms. The van der Waals surface area contributed by atoms with E-state index in [4.69, 9.17) is 0 Å². The van der Waals surface area contributed by atoms with Crippen molar-refractivity contribution in [2.45, 2.75) is 12.7 Å². The van der Waals surface area contributed by atoms with Crippen molar-refractivity contribution in [2.24, 2.45) is 0 Å². The van der Waals surface area contributed by atoms with Crippen LogP contribution < -0.4 is 15.5 Å². The summed E-state index contributed by atoms with van der Waals surface area (Å²) in [5.41, 5.74) is 1.03. The second-order valence-electron chi connectivity index (χ2n) is 6.79. The van der Waals surface area contributed by atoms with Crippen LogP contribution in [-0.4, -0.2) is 19.0 Å². The summed E-state index contributed by atoms with van der Waals surface area (Å²) in [4.78, 5) is 26.4. The van der Waals surface area contributed by atoms with Gasteiger partial charge in [-0.25, -0.2) is 4.79 Å². The zero-order valence-corrected chi connectivity index (χ0v) is 16.6. The maximum Gasteiger partial charge on any atom is 0.416 e. The number of carbonyl (C=O) groups excluding carboxylic acids is 2. The first-order valence-electron chi connectivity index (χ1n) is 9.38. The molecule has 0 aliphatic carbocycles. The van der Waals surface area contributed by atoms with E-state index in [0.717, 1.165) is 17.8 Å². The van der Waals surface area contributed by atoms with Crippen LogP contribution in [0.4, 0.5) is 29.3 Å². The van der Waals surface area contributed by atoms with Crippen molar-refractivity contribution < 1.29 is 22.8 Å². The molecular formula is C23H20F3N3O2. The minimum atomic E-state index is -4.45. The normalized spacial score (nSPS) is 11.0. The van der Waals surface area contributed by atoms with Crippen LogP contribution in [0, 0.1) is 0 Å². The summed E-state index contributed by atoms with van der Waals surface area (Å²) >= 11 is 0. The van der Waals surface area contributed by atoms with Crippen LogP contribution in [0.1, 0.15) is 21.5 Å². The number of nitrogens with one attached hydrogen (secondary N) is 2. The highest BCUT2D eigenvalue weighted by molar-refractivity contribution is 6.06. The number of nitrogens with zero attached hydrogens (tertiary/aromatic N) is 1. The van der Waals surface area contributed by atoms with Gasteiger partial charge in [0.25, 0.3) is 5.91 Å². The SMILES string of the molecule is CN(C(=O)c1cccc(NC(=O)NCc2cccc(C(F)(F)F)c2)c1)c1ccccc1. The summed E-state index contributed by atoms with van der Waals surface area (Å²) < 4.78 is 38.4. The van der Waals surface area contributed by atoms with Gasteiger partial charge in [0, 0.05) is 30.5 Å². The molecule has 0 bridgehead atoms. The van der Waals surface area contributed by atoms with Crippen molar-refractivity contribution >= 4 is 23.3 Å². The predicted octanol–water partition coefficient (Wildman–Crippen LogP) is 5.30. The van der Waals surface area contributed by atoms with Crippen molar-refractivity contribution in [1.82, 2.24) is 5.32 Å². The summed E-state index contributed by atoms with van der Waals surface area (Å²) in [5.74, 6) is -0.251. The number of benzene rings is 3. The van der Waals surface area contributed by atoms with Gasteiger partial charge in [0.15, 0.2) is 0 Å². The Bertz CT molecular complexity index is 1070. The Hall–Kier alpha value is -3.81. The van der Waals surface area contributed by atoms with Gasteiger partial charge in [0.2, 0.25) is 0 Å². The van der Waals surface area contributed by atoms with Gasteiger partial charge in [-0.15, -0.1) is 0 Å². The molecule has 3 aromatic rings. The van der Waals surface area contributed by atoms with Gasteiger partial charge in [0.1, 0.15) is 0 Å². The zero-order valence-electron chi connectivity index (χ0n) is 16.6. The van der Waals surface area contributed by atoms with Crippen LogP contribution in [0.15, 0.2) is 78.9 Å². The minimum Gasteiger partial charge on any atom is -0.334 e. The van der Waals surface area contributed by atoms with Crippen LogP contribution >= 0.6 is 0 Å². The molecule has 0 unspecified atom stereocenters. The number of urea groups is 1. The smallest absolute Gasteiger partial charge is 0.334 e. The van der Waals surface area contributed by atoms with Crippen LogP contribution in [0.5, 0.6) is 0 Å². The van der Waals surface area contributed by atoms with E-state index in [1.54, 1.807) is 37.4 Å². The number of rotatable bonds is 5. The minimum absolute atomic E-state index is 0.0783. The molecule has 31 heavy (non-hydrogen) atoms. The molecule has 0 atom stereocenters. The van der Waals surface area contributed by atoms with Gasteiger partial charge < -0.3 is 15.5 Å². The van der Waals surface area contributed by atoms with E-state index in [1.807, 2.05) is 18.2 Å². The lowest BCUT2D eigenvalue weighted by molar-refractivity contribution is -0.137. The lowest BCUT2D eigenvalue weighted by Crippen LogP contribution is -2.29. The van der Waals surface area contributed by atoms with Crippen molar-refractivity contribution in [3.05, 3.63) is 95.6 Å². The van der Waals surface area contributed by atoms with Gasteiger partial charge in [0.05, 0.1) is 5.56 Å². The number of anilines is 2. The first-order valence-corrected chi connectivity index (χ1v) is 9.38. The third kappa shape index (κ3) is 5.85. The Labute approximate surface area is 177 Å². The standard InChI is InChI=1S/C23H20F3N3O2/c1-29(20-11-3-2-4-12-20)21(30)17-8-6-10-19(14-17)28-22(31)27-15-16-7-5-9-18(13-16)23(24,25)26/h2-14H,15H2,1H3,(H2,27,28,31). The molecule has 2 N–H and O–H groups in total. The number of para-hydroxylation sites is 1. The van der Waals surface area contributed by atoms with E-state index >= 15 is 0 Å². The molecule has 0 spiro atoms. The van der Waals surface area contributed by atoms with Crippen molar-refractivity contribution in [2.75, 3.05) is 17.3 Å². The highest BCUT2D eigenvalue weighted by Gasteiger charge is 2.30. The molecule has 3 rings (SSSR count). The third-order valence-electron chi connectivity index (χ3n) is 4.52. The first kappa shape index (κ1) is 21.9. The molecule has 0 radical (unpaired) electrons. The van der Waals surface area contributed by atoms with Gasteiger partial charge in [-0.1, -0.05) is 36.4 Å². The molecule has 0 aliphatic rings. The summed E-state index contributed by atoms with van der Waals surface area (Å²) in [6, 6.07) is 19.7. The Morgan fingerprint density at radius 1 is 0.903 bits per heavy atom. The van der Waals surface area contributed by atoms with Crippen LogP contribution in [0.3, 0.4) is 0 Å². The van der Waals surface area contributed by atoms with E-state index in [1.165, 1.54) is 23.1 Å². The number of amides is 3. The molecular weight excluding hydrogens is 407 g/mol. The van der Waals surface area contributed by atoms with Gasteiger partial charge in [-0.3, -0.25) is 4.79 Å². The molecule has 0 fully saturated rings. The fourth-order valence-corrected chi connectivity index (χ4v) is 2.91. The fourth-order valence-electron chi connectivity index (χ4n) is 2.91. The van der Waals surface area contributed by atoms with E-state index in [0.29, 0.717) is 16.8 Å². The summed E-state index contributed by atoms with van der Waals surface area (Å²) in [7, 11) is 1.65. The van der Waals surface area contributed by atoms with Gasteiger partial charge >= 0.3 is 12.2 Å². The third-order valence-corrected chi connectivity index (χ3v) is 4.52. The van der Waals surface area contributed by atoms with Gasteiger partial charge in [-0.05, 0) is 48.0 Å². The van der Waals surface area contributed by atoms with E-state index in [2.05, 4.69) is 10.6 Å². The summed E-state index contributed by atoms with van der Waals surface area (Å²) in [6.45, 7) is -0.0783. The van der Waals surface area contributed by atoms with Crippen LogP contribution in [0.25, 0.3) is 0 Å². The largest absolute Gasteiger partial charge is 0.416 e. The molecule has 3 amide bonds. The molecule has 0 aliphatic heterocycles. The fraction of sp³-hybridized carbons (Fsp3) is 0.130. The summed E-state index contributed by atoms with van der Waals surface area (Å²) in [5, 5.41) is 5.10. The maximum atomic E-state index is 12.8. The number of alkyl halides is 3. The Morgan fingerprint density at radius 3 is 2.32 bits per heavy atom. The van der Waals surface area contributed by atoms with Crippen LogP contribution in [0.2, 0.25) is 0 Å². The second kappa shape index (κ2) is 9.34. The van der Waals surface area contributed by atoms with E-state index in [-0.39, 0.29) is 12.5 Å². The predicted molar refractivity (Wildman–Crippen MR) is 113 cm³/mol.